The molecule has 0 aliphatic carbocycles. The van der Waals surface area contributed by atoms with Crippen molar-refractivity contribution in [2.45, 2.75) is 39.3 Å². The van der Waals surface area contributed by atoms with Crippen molar-refractivity contribution in [2.24, 2.45) is 5.41 Å². The fourth-order valence-corrected chi connectivity index (χ4v) is 3.17. The molecule has 0 aromatic heterocycles. The van der Waals surface area contributed by atoms with E-state index in [2.05, 4.69) is 18.7 Å². The van der Waals surface area contributed by atoms with Crippen LogP contribution in [0.3, 0.4) is 0 Å². The number of benzene rings is 1. The molecule has 1 aliphatic rings. The lowest BCUT2D eigenvalue weighted by Crippen LogP contribution is -2.59. The van der Waals surface area contributed by atoms with E-state index in [-0.39, 0.29) is 11.2 Å². The summed E-state index contributed by atoms with van der Waals surface area (Å²) in [6.07, 6.45) is 0.689. The Bertz CT molecular complexity index is 504. The first-order valence-corrected chi connectivity index (χ1v) is 7.46. The molecule has 1 atom stereocenters. The van der Waals surface area contributed by atoms with Crippen LogP contribution >= 0.6 is 0 Å². The van der Waals surface area contributed by atoms with Gasteiger partial charge in [0.2, 0.25) is 0 Å². The highest BCUT2D eigenvalue weighted by Gasteiger charge is 2.47. The van der Waals surface area contributed by atoms with Gasteiger partial charge in [-0.3, -0.25) is 4.90 Å². The summed E-state index contributed by atoms with van der Waals surface area (Å²) in [5.74, 6) is -0.160. The zero-order chi connectivity index (χ0) is 15.7. The van der Waals surface area contributed by atoms with Gasteiger partial charge in [0.15, 0.2) is 0 Å². The van der Waals surface area contributed by atoms with E-state index in [1.807, 2.05) is 12.1 Å². The number of rotatable bonds is 4. The van der Waals surface area contributed by atoms with Crippen molar-refractivity contribution in [1.82, 2.24) is 4.90 Å². The van der Waals surface area contributed by atoms with Gasteiger partial charge < -0.3 is 9.84 Å². The predicted molar refractivity (Wildman–Crippen MR) is 81.6 cm³/mol. The van der Waals surface area contributed by atoms with Gasteiger partial charge in [-0.25, -0.2) is 4.39 Å². The molecule has 1 fully saturated rings. The molecule has 21 heavy (non-hydrogen) atoms. The van der Waals surface area contributed by atoms with Gasteiger partial charge in [0.25, 0.3) is 0 Å². The van der Waals surface area contributed by atoms with E-state index in [1.165, 1.54) is 6.07 Å². The molecule has 0 bridgehead atoms. The third-order valence-electron chi connectivity index (χ3n) is 4.73. The second-order valence-corrected chi connectivity index (χ2v) is 6.89. The highest BCUT2D eigenvalue weighted by atomic mass is 19.1. The minimum absolute atomic E-state index is 0.160. The summed E-state index contributed by atoms with van der Waals surface area (Å²) >= 11 is 0. The van der Waals surface area contributed by atoms with Gasteiger partial charge in [-0.1, -0.05) is 26.0 Å². The first-order valence-electron chi connectivity index (χ1n) is 7.46. The van der Waals surface area contributed by atoms with Crippen molar-refractivity contribution in [1.29, 1.82) is 0 Å². The summed E-state index contributed by atoms with van der Waals surface area (Å²) in [7, 11) is 1.63. The Morgan fingerprint density at radius 3 is 2.67 bits per heavy atom. The third-order valence-corrected chi connectivity index (χ3v) is 4.73. The van der Waals surface area contributed by atoms with Crippen LogP contribution in [-0.4, -0.2) is 42.4 Å². The van der Waals surface area contributed by atoms with E-state index in [4.69, 9.17) is 4.74 Å². The topological polar surface area (TPSA) is 32.7 Å². The Hall–Kier alpha value is -0.970. The molecular formula is C17H26FNO2. The molecule has 3 nitrogen and oxygen atoms in total. The minimum atomic E-state index is -0.781. The van der Waals surface area contributed by atoms with Gasteiger partial charge >= 0.3 is 0 Å². The van der Waals surface area contributed by atoms with Crippen molar-refractivity contribution >= 4 is 0 Å². The Kier molecular flexibility index (Phi) is 4.71. The summed E-state index contributed by atoms with van der Waals surface area (Å²) in [5.41, 5.74) is 0.773. The van der Waals surface area contributed by atoms with Crippen LogP contribution in [0.25, 0.3) is 0 Å². The van der Waals surface area contributed by atoms with Crippen molar-refractivity contribution in [3.8, 4) is 0 Å². The van der Waals surface area contributed by atoms with Crippen LogP contribution < -0.4 is 0 Å². The van der Waals surface area contributed by atoms with E-state index in [0.717, 1.165) is 25.2 Å². The average Bonchev–Trinajstić information content (AvgIpc) is 2.39. The molecule has 1 aromatic rings. The Morgan fingerprint density at radius 2 is 2.10 bits per heavy atom. The van der Waals surface area contributed by atoms with Gasteiger partial charge in [-0.15, -0.1) is 0 Å². The van der Waals surface area contributed by atoms with Crippen molar-refractivity contribution < 1.29 is 14.2 Å². The minimum Gasteiger partial charge on any atom is -0.387 e. The SMILES string of the molecule is COC[C@]1(O)CCN(Cc2ccc(F)c(C)c2)CC1(C)C. The Morgan fingerprint density at radius 1 is 1.38 bits per heavy atom. The van der Waals surface area contributed by atoms with Crippen LogP contribution in [-0.2, 0) is 11.3 Å². The number of hydrogen-bond donors (Lipinski definition) is 1. The standard InChI is InChI=1S/C17H26FNO2/c1-13-9-14(5-6-15(13)18)10-19-8-7-17(20,12-21-4)16(2,3)11-19/h5-6,9,20H,7-8,10-12H2,1-4H3/t17-/m1/s1. The van der Waals surface area contributed by atoms with Gasteiger partial charge in [-0.2, -0.15) is 0 Å². The first-order chi connectivity index (χ1) is 9.77. The average molecular weight is 295 g/mol. The summed E-state index contributed by atoms with van der Waals surface area (Å²) in [6, 6.07) is 5.27. The van der Waals surface area contributed by atoms with Crippen LogP contribution in [0.4, 0.5) is 4.39 Å². The number of ether oxygens (including phenoxy) is 1. The predicted octanol–water partition coefficient (Wildman–Crippen LogP) is 2.74. The van der Waals surface area contributed by atoms with Crippen LogP contribution in [0.2, 0.25) is 0 Å². The van der Waals surface area contributed by atoms with E-state index >= 15 is 0 Å². The smallest absolute Gasteiger partial charge is 0.126 e. The fraction of sp³-hybridized carbons (Fsp3) is 0.647. The van der Waals surface area contributed by atoms with Crippen LogP contribution in [0.15, 0.2) is 18.2 Å². The van der Waals surface area contributed by atoms with Gasteiger partial charge in [0.05, 0.1) is 12.2 Å². The number of piperidine rings is 1. The maximum Gasteiger partial charge on any atom is 0.126 e. The number of likely N-dealkylation sites (tertiary alicyclic amines) is 1. The molecule has 1 N–H and O–H groups in total. The second kappa shape index (κ2) is 6.03. The largest absolute Gasteiger partial charge is 0.387 e. The molecule has 1 aliphatic heterocycles. The quantitative estimate of drug-likeness (QED) is 0.927. The molecule has 0 amide bonds. The summed E-state index contributed by atoms with van der Waals surface area (Å²) in [6.45, 7) is 8.71. The Balaban J connectivity index is 2.06. The normalized spacial score (nSPS) is 26.0. The number of halogens is 1. The lowest BCUT2D eigenvalue weighted by Gasteiger charge is -2.50. The van der Waals surface area contributed by atoms with Gasteiger partial charge in [-0.05, 0) is 30.5 Å². The number of hydrogen-bond acceptors (Lipinski definition) is 3. The van der Waals surface area contributed by atoms with E-state index in [0.29, 0.717) is 18.6 Å². The second-order valence-electron chi connectivity index (χ2n) is 6.89. The molecule has 1 saturated heterocycles. The molecule has 0 unspecified atom stereocenters. The number of aliphatic hydroxyl groups is 1. The first kappa shape index (κ1) is 16.4. The van der Waals surface area contributed by atoms with Crippen molar-refractivity contribution in [3.05, 3.63) is 35.1 Å². The van der Waals surface area contributed by atoms with E-state index in [9.17, 15) is 9.50 Å². The molecule has 118 valence electrons. The maximum absolute atomic E-state index is 13.3. The summed E-state index contributed by atoms with van der Waals surface area (Å²) in [4.78, 5) is 2.32. The monoisotopic (exact) mass is 295 g/mol. The van der Waals surface area contributed by atoms with Crippen LogP contribution in [0.5, 0.6) is 0 Å². The maximum atomic E-state index is 13.3. The number of nitrogens with zero attached hydrogens (tertiary/aromatic N) is 1. The zero-order valence-electron chi connectivity index (χ0n) is 13.4. The Labute approximate surface area is 126 Å². The van der Waals surface area contributed by atoms with Crippen LogP contribution in [0.1, 0.15) is 31.4 Å². The molecule has 2 rings (SSSR count). The molecule has 4 heteroatoms. The lowest BCUT2D eigenvalue weighted by molar-refractivity contribution is -0.151. The lowest BCUT2D eigenvalue weighted by atomic mass is 9.70. The fourth-order valence-electron chi connectivity index (χ4n) is 3.17. The zero-order valence-corrected chi connectivity index (χ0v) is 13.4. The molecule has 0 spiro atoms. The molecule has 0 saturated carbocycles. The van der Waals surface area contributed by atoms with Crippen molar-refractivity contribution in [3.63, 3.8) is 0 Å². The number of methoxy groups -OCH3 is 1. The highest BCUT2D eigenvalue weighted by Crippen LogP contribution is 2.39. The molecule has 1 aromatic carbocycles. The summed E-state index contributed by atoms with van der Waals surface area (Å²) < 4.78 is 18.5. The number of aryl methyl sites for hydroxylation is 1. The third kappa shape index (κ3) is 3.44. The van der Waals surface area contributed by atoms with Crippen molar-refractivity contribution in [2.75, 3.05) is 26.8 Å². The molecule has 1 heterocycles. The van der Waals surface area contributed by atoms with Gasteiger partial charge in [0.1, 0.15) is 5.82 Å². The van der Waals surface area contributed by atoms with Gasteiger partial charge in [0, 0.05) is 32.2 Å². The summed E-state index contributed by atoms with van der Waals surface area (Å²) in [5, 5.41) is 10.8. The van der Waals surface area contributed by atoms with E-state index in [1.54, 1.807) is 14.0 Å². The van der Waals surface area contributed by atoms with E-state index < -0.39 is 5.60 Å². The highest BCUT2D eigenvalue weighted by molar-refractivity contribution is 5.24. The molecule has 0 radical (unpaired) electrons. The van der Waals surface area contributed by atoms with Crippen LogP contribution in [0, 0.1) is 18.2 Å². The molecular weight excluding hydrogens is 269 g/mol.